The molecule has 0 fully saturated rings. The highest BCUT2D eigenvalue weighted by atomic mass is 16.3. The van der Waals surface area contributed by atoms with Crippen LogP contribution in [0.2, 0.25) is 0 Å². The van der Waals surface area contributed by atoms with Crippen LogP contribution in [0, 0.1) is 12.8 Å². The van der Waals surface area contributed by atoms with Crippen LogP contribution in [0.15, 0.2) is 47.2 Å². The van der Waals surface area contributed by atoms with Gasteiger partial charge in [-0.15, -0.1) is 0 Å². The third kappa shape index (κ3) is 1.78. The van der Waals surface area contributed by atoms with Gasteiger partial charge in [-0.05, 0) is 43.9 Å². The molecule has 0 bridgehead atoms. The maximum atomic E-state index is 6.11. The molecule has 3 nitrogen and oxygen atoms in total. The third-order valence-corrected chi connectivity index (χ3v) is 4.88. The normalized spacial score (nSPS) is 21.3. The van der Waals surface area contributed by atoms with Crippen molar-refractivity contribution in [1.82, 2.24) is 4.98 Å². The molecule has 0 aliphatic carbocycles. The molecule has 0 spiro atoms. The van der Waals surface area contributed by atoms with Crippen LogP contribution in [0.5, 0.6) is 0 Å². The molecule has 1 aromatic carbocycles. The maximum absolute atomic E-state index is 6.11. The van der Waals surface area contributed by atoms with Crippen molar-refractivity contribution in [3.8, 4) is 0 Å². The first kappa shape index (κ1) is 13.4. The Bertz CT molecular complexity index is 878. The SMILES string of the molecule is CCC1C=CN(c2c(C)ccc3c2oc2ncccc23)[C@H]1C. The van der Waals surface area contributed by atoms with Crippen molar-refractivity contribution in [2.45, 2.75) is 33.2 Å². The predicted octanol–water partition coefficient (Wildman–Crippen LogP) is 5.04. The van der Waals surface area contributed by atoms with E-state index in [1.807, 2.05) is 6.07 Å². The van der Waals surface area contributed by atoms with Crippen LogP contribution in [-0.2, 0) is 0 Å². The van der Waals surface area contributed by atoms with Gasteiger partial charge < -0.3 is 9.32 Å². The Hall–Kier alpha value is -2.29. The molecule has 0 N–H and O–H groups in total. The molecule has 2 atom stereocenters. The summed E-state index contributed by atoms with van der Waals surface area (Å²) in [4.78, 5) is 6.72. The third-order valence-electron chi connectivity index (χ3n) is 4.88. The van der Waals surface area contributed by atoms with E-state index in [2.05, 4.69) is 61.1 Å². The average molecular weight is 292 g/mol. The van der Waals surface area contributed by atoms with E-state index in [1.165, 1.54) is 11.3 Å². The van der Waals surface area contributed by atoms with Crippen LogP contribution < -0.4 is 4.90 Å². The minimum absolute atomic E-state index is 0.454. The second kappa shape index (κ2) is 4.87. The molecule has 0 saturated heterocycles. The summed E-state index contributed by atoms with van der Waals surface area (Å²) in [5, 5.41) is 2.23. The van der Waals surface area contributed by atoms with Gasteiger partial charge in [0.2, 0.25) is 5.71 Å². The lowest BCUT2D eigenvalue weighted by molar-refractivity contribution is 0.537. The molecule has 0 radical (unpaired) electrons. The number of nitrogens with zero attached hydrogens (tertiary/aromatic N) is 2. The van der Waals surface area contributed by atoms with Crippen molar-refractivity contribution in [2.24, 2.45) is 5.92 Å². The molecule has 0 saturated carbocycles. The Morgan fingerprint density at radius 1 is 1.23 bits per heavy atom. The molecule has 3 aromatic rings. The standard InChI is InChI=1S/C19H20N2O/c1-4-14-9-11-21(13(14)3)17-12(2)7-8-15-16-6-5-10-20-19(16)22-18(15)17/h5-11,13-14H,4H2,1-3H3/t13-,14?/m0/s1. The van der Waals surface area contributed by atoms with Crippen molar-refractivity contribution >= 4 is 27.8 Å². The number of hydrogen-bond donors (Lipinski definition) is 0. The fraction of sp³-hybridized carbons (Fsp3) is 0.316. The summed E-state index contributed by atoms with van der Waals surface area (Å²) in [5.41, 5.74) is 4.07. The van der Waals surface area contributed by atoms with Crippen LogP contribution in [-0.4, -0.2) is 11.0 Å². The zero-order valence-electron chi connectivity index (χ0n) is 13.2. The second-order valence-electron chi connectivity index (χ2n) is 6.13. The van der Waals surface area contributed by atoms with E-state index in [0.717, 1.165) is 22.8 Å². The number of pyridine rings is 1. The summed E-state index contributed by atoms with van der Waals surface area (Å²) in [6, 6.07) is 8.81. The molecule has 1 unspecified atom stereocenters. The predicted molar refractivity (Wildman–Crippen MR) is 91.1 cm³/mol. The van der Waals surface area contributed by atoms with Gasteiger partial charge in [-0.1, -0.05) is 25.1 Å². The molecule has 0 amide bonds. The van der Waals surface area contributed by atoms with Gasteiger partial charge in [0.15, 0.2) is 5.58 Å². The number of aromatic nitrogens is 1. The first-order valence-electron chi connectivity index (χ1n) is 7.94. The number of fused-ring (bicyclic) bond motifs is 3. The summed E-state index contributed by atoms with van der Waals surface area (Å²) < 4.78 is 6.11. The van der Waals surface area contributed by atoms with Gasteiger partial charge in [0.25, 0.3) is 0 Å². The fourth-order valence-corrected chi connectivity index (χ4v) is 3.54. The highest BCUT2D eigenvalue weighted by molar-refractivity contribution is 6.08. The lowest BCUT2D eigenvalue weighted by atomic mass is 9.99. The van der Waals surface area contributed by atoms with Gasteiger partial charge in [-0.2, -0.15) is 0 Å². The fourth-order valence-electron chi connectivity index (χ4n) is 3.54. The highest BCUT2D eigenvalue weighted by Crippen LogP contribution is 2.40. The van der Waals surface area contributed by atoms with Gasteiger partial charge >= 0.3 is 0 Å². The molecule has 1 aliphatic heterocycles. The molecule has 4 rings (SSSR count). The first-order valence-corrected chi connectivity index (χ1v) is 7.94. The lowest BCUT2D eigenvalue weighted by Crippen LogP contribution is -2.29. The zero-order chi connectivity index (χ0) is 15.3. The molecular weight excluding hydrogens is 272 g/mol. The van der Waals surface area contributed by atoms with E-state index in [9.17, 15) is 0 Å². The Labute approximate surface area is 130 Å². The Kier molecular flexibility index (Phi) is 2.96. The van der Waals surface area contributed by atoms with E-state index in [1.54, 1.807) is 6.20 Å². The average Bonchev–Trinajstić information content (AvgIpc) is 3.08. The van der Waals surface area contributed by atoms with Crippen LogP contribution in [0.25, 0.3) is 22.1 Å². The first-order chi connectivity index (χ1) is 10.7. The van der Waals surface area contributed by atoms with E-state index in [4.69, 9.17) is 4.42 Å². The van der Waals surface area contributed by atoms with Crippen molar-refractivity contribution in [3.63, 3.8) is 0 Å². The van der Waals surface area contributed by atoms with E-state index in [-0.39, 0.29) is 0 Å². The molecule has 1 aliphatic rings. The lowest BCUT2D eigenvalue weighted by Gasteiger charge is -2.27. The largest absolute Gasteiger partial charge is 0.435 e. The minimum atomic E-state index is 0.454. The van der Waals surface area contributed by atoms with Gasteiger partial charge in [0.05, 0.1) is 5.69 Å². The van der Waals surface area contributed by atoms with Gasteiger partial charge in [-0.3, -0.25) is 0 Å². The zero-order valence-corrected chi connectivity index (χ0v) is 13.2. The quantitative estimate of drug-likeness (QED) is 0.662. The Morgan fingerprint density at radius 3 is 2.86 bits per heavy atom. The Balaban J connectivity index is 1.97. The summed E-state index contributed by atoms with van der Waals surface area (Å²) >= 11 is 0. The monoisotopic (exact) mass is 292 g/mol. The molecule has 112 valence electrons. The van der Waals surface area contributed by atoms with E-state index >= 15 is 0 Å². The molecular formula is C19H20N2O. The molecule has 2 aromatic heterocycles. The van der Waals surface area contributed by atoms with Gasteiger partial charge in [0.1, 0.15) is 0 Å². The van der Waals surface area contributed by atoms with Crippen LogP contribution in [0.1, 0.15) is 25.8 Å². The topological polar surface area (TPSA) is 29.3 Å². The highest BCUT2D eigenvalue weighted by Gasteiger charge is 2.28. The number of anilines is 1. The van der Waals surface area contributed by atoms with Gasteiger partial charge in [-0.25, -0.2) is 4.98 Å². The van der Waals surface area contributed by atoms with Crippen LogP contribution >= 0.6 is 0 Å². The van der Waals surface area contributed by atoms with Crippen LogP contribution in [0.3, 0.4) is 0 Å². The number of benzene rings is 1. The summed E-state index contributed by atoms with van der Waals surface area (Å²) in [6.45, 7) is 6.68. The van der Waals surface area contributed by atoms with Crippen LogP contribution in [0.4, 0.5) is 5.69 Å². The molecule has 22 heavy (non-hydrogen) atoms. The number of hydrogen-bond acceptors (Lipinski definition) is 3. The number of rotatable bonds is 2. The molecule has 3 heteroatoms. The maximum Gasteiger partial charge on any atom is 0.227 e. The van der Waals surface area contributed by atoms with Crippen molar-refractivity contribution in [2.75, 3.05) is 4.90 Å². The van der Waals surface area contributed by atoms with Crippen molar-refractivity contribution in [1.29, 1.82) is 0 Å². The Morgan fingerprint density at radius 2 is 2.09 bits per heavy atom. The summed E-state index contributed by atoms with van der Waals surface area (Å²) in [5.74, 6) is 0.595. The smallest absolute Gasteiger partial charge is 0.227 e. The van der Waals surface area contributed by atoms with E-state index < -0.39 is 0 Å². The molecule has 3 heterocycles. The summed E-state index contributed by atoms with van der Waals surface area (Å²) in [7, 11) is 0. The second-order valence-corrected chi connectivity index (χ2v) is 6.13. The summed E-state index contributed by atoms with van der Waals surface area (Å²) in [6.07, 6.45) is 7.46. The van der Waals surface area contributed by atoms with Crippen molar-refractivity contribution < 1.29 is 4.42 Å². The number of aryl methyl sites for hydroxylation is 1. The number of furan rings is 1. The van der Waals surface area contributed by atoms with Crippen molar-refractivity contribution in [3.05, 3.63) is 48.3 Å². The van der Waals surface area contributed by atoms with E-state index in [0.29, 0.717) is 17.7 Å². The van der Waals surface area contributed by atoms with Gasteiger partial charge in [0, 0.05) is 29.2 Å². The minimum Gasteiger partial charge on any atom is -0.435 e.